The minimum Gasteiger partial charge on any atom is -0.247 e. The van der Waals surface area contributed by atoms with Crippen molar-refractivity contribution < 1.29 is 4.39 Å². The highest BCUT2D eigenvalue weighted by atomic mass is 19.1. The molecule has 1 saturated carbocycles. The van der Waals surface area contributed by atoms with Crippen LogP contribution in [0.4, 0.5) is 4.39 Å². The summed E-state index contributed by atoms with van der Waals surface area (Å²) in [6, 6.07) is 0. The largest absolute Gasteiger partial charge is 0.247 e. The van der Waals surface area contributed by atoms with Gasteiger partial charge in [0.05, 0.1) is 0 Å². The van der Waals surface area contributed by atoms with Crippen LogP contribution in [-0.2, 0) is 0 Å². The van der Waals surface area contributed by atoms with Gasteiger partial charge in [-0.25, -0.2) is 4.39 Å². The average molecular weight is 130 g/mol. The van der Waals surface area contributed by atoms with Crippen molar-refractivity contribution in [3.63, 3.8) is 0 Å². The molecule has 0 saturated heterocycles. The Labute approximate surface area is 56.5 Å². The van der Waals surface area contributed by atoms with Crippen molar-refractivity contribution in [2.45, 2.75) is 45.2 Å². The summed E-state index contributed by atoms with van der Waals surface area (Å²) >= 11 is 0. The first-order valence-electron chi connectivity index (χ1n) is 3.95. The summed E-state index contributed by atoms with van der Waals surface area (Å²) in [5.74, 6) is 0.326. The standard InChI is InChI=1S/C8H15F/c1-7-5-3-2-4-6-8(7)9/h7-8H,2-6H2,1H3/t7-,8?/m1/s1. The SMILES string of the molecule is C[C@@H]1CCCCCC1F. The quantitative estimate of drug-likeness (QED) is 0.442. The zero-order valence-corrected chi connectivity index (χ0v) is 6.07. The summed E-state index contributed by atoms with van der Waals surface area (Å²) in [6.45, 7) is 2.02. The lowest BCUT2D eigenvalue weighted by molar-refractivity contribution is 0.229. The molecular weight excluding hydrogens is 115 g/mol. The van der Waals surface area contributed by atoms with E-state index in [-0.39, 0.29) is 0 Å². The molecule has 1 heteroatoms. The molecule has 0 heterocycles. The molecule has 1 fully saturated rings. The Hall–Kier alpha value is -0.0700. The summed E-state index contributed by atoms with van der Waals surface area (Å²) in [4.78, 5) is 0. The Kier molecular flexibility index (Phi) is 2.49. The zero-order valence-electron chi connectivity index (χ0n) is 6.07. The Bertz CT molecular complexity index is 70.6. The fourth-order valence-electron chi connectivity index (χ4n) is 1.45. The molecular formula is C8H15F. The van der Waals surface area contributed by atoms with Gasteiger partial charge in [0.15, 0.2) is 0 Å². The van der Waals surface area contributed by atoms with Gasteiger partial charge in [0, 0.05) is 0 Å². The lowest BCUT2D eigenvalue weighted by Crippen LogP contribution is -2.09. The molecule has 0 aromatic heterocycles. The molecule has 1 aliphatic rings. The molecule has 0 amide bonds. The van der Waals surface area contributed by atoms with Crippen LogP contribution in [0.3, 0.4) is 0 Å². The number of rotatable bonds is 0. The van der Waals surface area contributed by atoms with Gasteiger partial charge >= 0.3 is 0 Å². The highest BCUT2D eigenvalue weighted by molar-refractivity contribution is 4.68. The van der Waals surface area contributed by atoms with E-state index in [0.717, 1.165) is 19.3 Å². The van der Waals surface area contributed by atoms with Gasteiger partial charge in [-0.15, -0.1) is 0 Å². The maximum absolute atomic E-state index is 12.8. The van der Waals surface area contributed by atoms with Crippen LogP contribution in [-0.4, -0.2) is 6.17 Å². The van der Waals surface area contributed by atoms with Crippen molar-refractivity contribution in [2.24, 2.45) is 5.92 Å². The van der Waals surface area contributed by atoms with Crippen LogP contribution in [0.15, 0.2) is 0 Å². The molecule has 0 bridgehead atoms. The lowest BCUT2D eigenvalue weighted by Gasteiger charge is -2.10. The van der Waals surface area contributed by atoms with Crippen LogP contribution in [0.2, 0.25) is 0 Å². The topological polar surface area (TPSA) is 0 Å². The molecule has 0 nitrogen and oxygen atoms in total. The molecule has 9 heavy (non-hydrogen) atoms. The van der Waals surface area contributed by atoms with Gasteiger partial charge in [0.2, 0.25) is 0 Å². The van der Waals surface area contributed by atoms with Crippen molar-refractivity contribution in [3.8, 4) is 0 Å². The molecule has 0 aromatic rings. The molecule has 0 aliphatic heterocycles. The maximum atomic E-state index is 12.8. The predicted octanol–water partition coefficient (Wildman–Crippen LogP) is 2.92. The lowest BCUT2D eigenvalue weighted by atomic mass is 10.0. The monoisotopic (exact) mass is 130 g/mol. The highest BCUT2D eigenvalue weighted by Gasteiger charge is 2.17. The van der Waals surface area contributed by atoms with Gasteiger partial charge in [-0.1, -0.05) is 26.2 Å². The second kappa shape index (κ2) is 3.19. The number of hydrogen-bond donors (Lipinski definition) is 0. The number of alkyl halides is 1. The molecule has 1 aliphatic carbocycles. The van der Waals surface area contributed by atoms with E-state index in [2.05, 4.69) is 0 Å². The van der Waals surface area contributed by atoms with Crippen molar-refractivity contribution >= 4 is 0 Å². The fraction of sp³-hybridized carbons (Fsp3) is 1.00. The van der Waals surface area contributed by atoms with Gasteiger partial charge in [-0.2, -0.15) is 0 Å². The average Bonchev–Trinajstić information content (AvgIpc) is 1.99. The van der Waals surface area contributed by atoms with Crippen LogP contribution >= 0.6 is 0 Å². The molecule has 1 unspecified atom stereocenters. The Balaban J connectivity index is 2.32. The molecule has 2 atom stereocenters. The van der Waals surface area contributed by atoms with Crippen LogP contribution in [0.25, 0.3) is 0 Å². The molecule has 54 valence electrons. The minimum atomic E-state index is -0.507. The Morgan fingerprint density at radius 3 is 2.56 bits per heavy atom. The fourth-order valence-corrected chi connectivity index (χ4v) is 1.45. The molecule has 0 radical (unpaired) electrons. The van der Waals surface area contributed by atoms with Crippen molar-refractivity contribution in [1.29, 1.82) is 0 Å². The third-order valence-corrected chi connectivity index (χ3v) is 2.26. The summed E-state index contributed by atoms with van der Waals surface area (Å²) in [5, 5.41) is 0. The first-order valence-corrected chi connectivity index (χ1v) is 3.95. The van der Waals surface area contributed by atoms with E-state index < -0.39 is 6.17 Å². The third kappa shape index (κ3) is 1.96. The minimum absolute atomic E-state index is 0.326. The third-order valence-electron chi connectivity index (χ3n) is 2.26. The van der Waals surface area contributed by atoms with Gasteiger partial charge in [0.25, 0.3) is 0 Å². The number of hydrogen-bond acceptors (Lipinski definition) is 0. The second-order valence-electron chi connectivity index (χ2n) is 3.13. The second-order valence-corrected chi connectivity index (χ2v) is 3.13. The summed E-state index contributed by atoms with van der Waals surface area (Å²) in [6.07, 6.45) is 4.98. The highest BCUT2D eigenvalue weighted by Crippen LogP contribution is 2.24. The normalized spacial score (nSPS) is 38.0. The van der Waals surface area contributed by atoms with Gasteiger partial charge < -0.3 is 0 Å². The Morgan fingerprint density at radius 1 is 1.11 bits per heavy atom. The first kappa shape index (κ1) is 7.04. The number of halogens is 1. The van der Waals surface area contributed by atoms with Crippen molar-refractivity contribution in [2.75, 3.05) is 0 Å². The van der Waals surface area contributed by atoms with E-state index in [9.17, 15) is 4.39 Å². The zero-order chi connectivity index (χ0) is 6.69. The van der Waals surface area contributed by atoms with Gasteiger partial charge in [-0.3, -0.25) is 0 Å². The molecule has 1 rings (SSSR count). The summed E-state index contributed by atoms with van der Waals surface area (Å²) in [7, 11) is 0. The van der Waals surface area contributed by atoms with Crippen LogP contribution in [0.1, 0.15) is 39.0 Å². The van der Waals surface area contributed by atoms with Crippen LogP contribution in [0.5, 0.6) is 0 Å². The molecule has 0 N–H and O–H groups in total. The predicted molar refractivity (Wildman–Crippen MR) is 37.1 cm³/mol. The van der Waals surface area contributed by atoms with E-state index in [1.165, 1.54) is 12.8 Å². The van der Waals surface area contributed by atoms with Gasteiger partial charge in [-0.05, 0) is 18.8 Å². The van der Waals surface area contributed by atoms with E-state index in [1.54, 1.807) is 0 Å². The van der Waals surface area contributed by atoms with Crippen LogP contribution < -0.4 is 0 Å². The molecule has 0 spiro atoms. The summed E-state index contributed by atoms with van der Waals surface area (Å²) in [5.41, 5.74) is 0. The summed E-state index contributed by atoms with van der Waals surface area (Å²) < 4.78 is 12.8. The van der Waals surface area contributed by atoms with Crippen molar-refractivity contribution in [3.05, 3.63) is 0 Å². The van der Waals surface area contributed by atoms with E-state index in [0.29, 0.717) is 5.92 Å². The molecule has 0 aromatic carbocycles. The smallest absolute Gasteiger partial charge is 0.103 e. The first-order chi connectivity index (χ1) is 4.30. The van der Waals surface area contributed by atoms with Gasteiger partial charge in [0.1, 0.15) is 6.17 Å². The van der Waals surface area contributed by atoms with Crippen molar-refractivity contribution in [1.82, 2.24) is 0 Å². The Morgan fingerprint density at radius 2 is 1.78 bits per heavy atom. The van der Waals surface area contributed by atoms with Crippen LogP contribution in [0, 0.1) is 5.92 Å². The van der Waals surface area contributed by atoms with E-state index >= 15 is 0 Å². The van der Waals surface area contributed by atoms with E-state index in [4.69, 9.17) is 0 Å². The van der Waals surface area contributed by atoms with E-state index in [1.807, 2.05) is 6.92 Å². The maximum Gasteiger partial charge on any atom is 0.103 e.